The van der Waals surface area contributed by atoms with E-state index in [2.05, 4.69) is 35.2 Å². The van der Waals surface area contributed by atoms with Crippen molar-refractivity contribution in [2.45, 2.75) is 3.97 Å². The molecule has 0 amide bonds. The molecular weight excluding hydrogens is 347 g/mol. The van der Waals surface area contributed by atoms with Gasteiger partial charge in [0.15, 0.2) is 0 Å². The molecule has 0 fully saturated rings. The van der Waals surface area contributed by atoms with E-state index in [-0.39, 0.29) is 0 Å². The zero-order chi connectivity index (χ0) is 13.9. The van der Waals surface area contributed by atoms with Gasteiger partial charge in [0.1, 0.15) is 0 Å². The van der Waals surface area contributed by atoms with E-state index in [0.29, 0.717) is 11.8 Å². The Morgan fingerprint density at radius 2 is 1.67 bits per heavy atom. The average molecular weight is 351 g/mol. The van der Waals surface area contributed by atoms with Gasteiger partial charge in [0.2, 0.25) is 14.9 Å². The molecule has 0 aromatic carbocycles. The second-order valence-corrected chi connectivity index (χ2v) is 5.40. The summed E-state index contributed by atoms with van der Waals surface area (Å²) < 4.78 is 47.4. The van der Waals surface area contributed by atoms with E-state index in [0.717, 1.165) is 0 Å². The summed E-state index contributed by atoms with van der Waals surface area (Å²) in [4.78, 5) is 0. The average Bonchev–Trinajstić information content (AvgIpc) is 2.38. The Labute approximate surface area is 112 Å². The van der Waals surface area contributed by atoms with Crippen molar-refractivity contribution in [1.82, 2.24) is 5.32 Å². The Kier molecular flexibility index (Phi) is 5.55. The van der Waals surface area contributed by atoms with Gasteiger partial charge in [-0.15, -0.1) is 0 Å². The number of rotatable bonds is 6. The molecule has 0 saturated heterocycles. The predicted octanol–water partition coefficient (Wildman–Crippen LogP) is -0.655. The SMILES string of the molecule is OB(F)OC1=C(OB(O)F)S[C@@](Br)(OB(O)F)N1. The van der Waals surface area contributed by atoms with Crippen LogP contribution in [0.25, 0.3) is 0 Å². The summed E-state index contributed by atoms with van der Waals surface area (Å²) in [6.45, 7) is 0. The van der Waals surface area contributed by atoms with Crippen LogP contribution >= 0.6 is 27.7 Å². The van der Waals surface area contributed by atoms with E-state index < -0.39 is 37.1 Å². The maximum absolute atomic E-state index is 12.3. The standard InChI is InChI=1S/C3H4B3BrF3NO6S/c7-3(17-6(10)14)11-1(15-4(8)12)2(18-3)16-5(9)13/h11-14H/t3-/m1/s1. The smallest absolute Gasteiger partial charge is 0.500 e. The van der Waals surface area contributed by atoms with E-state index in [1.54, 1.807) is 0 Å². The van der Waals surface area contributed by atoms with Gasteiger partial charge in [0, 0.05) is 0 Å². The quantitative estimate of drug-likeness (QED) is 0.284. The summed E-state index contributed by atoms with van der Waals surface area (Å²) in [5.41, 5.74) is 0. The number of hydrogen-bond donors (Lipinski definition) is 4. The van der Waals surface area contributed by atoms with E-state index in [1.807, 2.05) is 0 Å². The van der Waals surface area contributed by atoms with E-state index in [4.69, 9.17) is 15.1 Å². The van der Waals surface area contributed by atoms with Crippen LogP contribution in [0.1, 0.15) is 0 Å². The van der Waals surface area contributed by atoms with Crippen molar-refractivity contribution in [3.05, 3.63) is 11.0 Å². The highest BCUT2D eigenvalue weighted by atomic mass is 79.9. The molecular formula is C3H4B3BrF3NO6S. The first-order valence-electron chi connectivity index (χ1n) is 4.10. The minimum absolute atomic E-state index is 0.358. The van der Waals surface area contributed by atoms with Gasteiger partial charge in [-0.2, -0.15) is 0 Å². The van der Waals surface area contributed by atoms with Crippen LogP contribution in [-0.2, 0) is 14.0 Å². The Bertz CT molecular complexity index is 314. The predicted molar refractivity (Wildman–Crippen MR) is 59.9 cm³/mol. The van der Waals surface area contributed by atoms with Crippen LogP contribution in [0, 0.1) is 0 Å². The van der Waals surface area contributed by atoms with Crippen LogP contribution in [0.15, 0.2) is 11.0 Å². The Balaban J connectivity index is 2.78. The molecule has 1 aliphatic rings. The first-order valence-corrected chi connectivity index (χ1v) is 5.71. The zero-order valence-electron chi connectivity index (χ0n) is 8.22. The lowest BCUT2D eigenvalue weighted by Crippen LogP contribution is -2.39. The molecule has 100 valence electrons. The summed E-state index contributed by atoms with van der Waals surface area (Å²) >= 11 is 3.08. The van der Waals surface area contributed by atoms with Crippen molar-refractivity contribution in [3.8, 4) is 0 Å². The van der Waals surface area contributed by atoms with Gasteiger partial charge in [-0.3, -0.25) is 4.32 Å². The highest BCUT2D eigenvalue weighted by Gasteiger charge is 2.46. The van der Waals surface area contributed by atoms with Gasteiger partial charge in [0.05, 0.1) is 0 Å². The third-order valence-electron chi connectivity index (χ3n) is 1.34. The highest BCUT2D eigenvalue weighted by Crippen LogP contribution is 2.45. The van der Waals surface area contributed by atoms with Crippen LogP contribution in [0.2, 0.25) is 0 Å². The highest BCUT2D eigenvalue weighted by molar-refractivity contribution is 9.11. The lowest BCUT2D eigenvalue weighted by Gasteiger charge is -2.21. The summed E-state index contributed by atoms with van der Waals surface area (Å²) in [5.74, 6) is -0.677. The van der Waals surface area contributed by atoms with Crippen molar-refractivity contribution in [1.29, 1.82) is 0 Å². The van der Waals surface area contributed by atoms with Gasteiger partial charge in [-0.05, 0) is 27.7 Å². The van der Waals surface area contributed by atoms with Gasteiger partial charge >= 0.3 is 22.2 Å². The fourth-order valence-corrected chi connectivity index (χ4v) is 2.50. The van der Waals surface area contributed by atoms with Gasteiger partial charge in [-0.1, -0.05) is 0 Å². The molecule has 1 atom stereocenters. The van der Waals surface area contributed by atoms with Crippen molar-refractivity contribution >= 4 is 49.9 Å². The van der Waals surface area contributed by atoms with Crippen LogP contribution in [0.5, 0.6) is 0 Å². The van der Waals surface area contributed by atoms with E-state index >= 15 is 0 Å². The summed E-state index contributed by atoms with van der Waals surface area (Å²) in [6.07, 6.45) is 0. The molecule has 0 unspecified atom stereocenters. The second-order valence-electron chi connectivity index (χ2n) is 2.61. The first-order chi connectivity index (χ1) is 8.22. The minimum Gasteiger partial charge on any atom is -0.500 e. The Morgan fingerprint density at radius 1 is 1.11 bits per heavy atom. The monoisotopic (exact) mass is 351 g/mol. The molecule has 15 heteroatoms. The molecule has 1 heterocycles. The number of halogens is 4. The summed E-state index contributed by atoms with van der Waals surface area (Å²) in [5, 5.41) is 26.6. The lowest BCUT2D eigenvalue weighted by atomic mass is 10.3. The largest absolute Gasteiger partial charge is 0.752 e. The number of nitrogens with one attached hydrogen (secondary N) is 1. The molecule has 0 spiro atoms. The van der Waals surface area contributed by atoms with Crippen molar-refractivity contribution in [3.63, 3.8) is 0 Å². The molecule has 7 nitrogen and oxygen atoms in total. The number of alkyl halides is 1. The van der Waals surface area contributed by atoms with Crippen LogP contribution in [0.3, 0.4) is 0 Å². The van der Waals surface area contributed by atoms with Crippen LogP contribution in [0.4, 0.5) is 12.9 Å². The molecule has 18 heavy (non-hydrogen) atoms. The van der Waals surface area contributed by atoms with Crippen molar-refractivity contribution in [2.24, 2.45) is 0 Å². The molecule has 0 bridgehead atoms. The molecule has 0 aromatic rings. The van der Waals surface area contributed by atoms with Crippen LogP contribution < -0.4 is 5.32 Å². The third-order valence-corrected chi connectivity index (χ3v) is 3.14. The van der Waals surface area contributed by atoms with Crippen LogP contribution in [-0.4, -0.2) is 41.2 Å². The van der Waals surface area contributed by atoms with Crippen molar-refractivity contribution < 1.29 is 42.0 Å². The lowest BCUT2D eigenvalue weighted by molar-refractivity contribution is 0.149. The first kappa shape index (κ1) is 15.9. The summed E-state index contributed by atoms with van der Waals surface area (Å²) in [6, 6.07) is 0. The molecule has 1 aliphatic heterocycles. The van der Waals surface area contributed by atoms with E-state index in [1.165, 1.54) is 0 Å². The molecule has 4 N–H and O–H groups in total. The molecule has 0 aliphatic carbocycles. The fraction of sp³-hybridized carbons (Fsp3) is 0.333. The molecule has 0 saturated carbocycles. The molecule has 1 rings (SSSR count). The maximum atomic E-state index is 12.3. The topological polar surface area (TPSA) is 100 Å². The van der Waals surface area contributed by atoms with Gasteiger partial charge in [0.25, 0.3) is 0 Å². The normalized spacial score (nSPS) is 22.6. The number of thioether (sulfide) groups is 1. The Hall–Kier alpha value is -0.205. The maximum Gasteiger partial charge on any atom is 0.752 e. The minimum atomic E-state index is -2.78. The van der Waals surface area contributed by atoms with E-state index in [9.17, 15) is 12.9 Å². The number of hydrogen-bond acceptors (Lipinski definition) is 8. The fourth-order valence-electron chi connectivity index (χ4n) is 0.897. The molecule has 0 aromatic heterocycles. The zero-order valence-corrected chi connectivity index (χ0v) is 10.6. The molecule has 0 radical (unpaired) electrons. The van der Waals surface area contributed by atoms with Crippen molar-refractivity contribution in [2.75, 3.05) is 0 Å². The van der Waals surface area contributed by atoms with Gasteiger partial charge < -0.3 is 34.4 Å². The Morgan fingerprint density at radius 3 is 2.11 bits per heavy atom. The second kappa shape index (κ2) is 6.30. The summed E-state index contributed by atoms with van der Waals surface area (Å²) in [7, 11) is -8.28. The van der Waals surface area contributed by atoms with Gasteiger partial charge in [-0.25, -0.2) is 8.63 Å². The third kappa shape index (κ3) is 4.82.